The zero-order chi connectivity index (χ0) is 11.1. The van der Waals surface area contributed by atoms with Crippen molar-refractivity contribution in [2.45, 2.75) is 12.1 Å². The summed E-state index contributed by atoms with van der Waals surface area (Å²) < 4.78 is 63.4. The SMILES string of the molecule is O=C1C=C(C(F)(F)C(F)(F)F)C(=O)O1. The summed E-state index contributed by atoms with van der Waals surface area (Å²) in [5.74, 6) is -8.87. The summed E-state index contributed by atoms with van der Waals surface area (Å²) in [5.41, 5.74) is -1.99. The molecule has 8 heteroatoms. The zero-order valence-corrected chi connectivity index (χ0v) is 6.19. The van der Waals surface area contributed by atoms with Crippen LogP contribution in [-0.2, 0) is 14.3 Å². The van der Waals surface area contributed by atoms with E-state index in [0.29, 0.717) is 0 Å². The van der Waals surface area contributed by atoms with Crippen molar-refractivity contribution in [3.05, 3.63) is 11.6 Å². The highest BCUT2D eigenvalue weighted by Crippen LogP contribution is 2.42. The molecule has 0 N–H and O–H groups in total. The molecule has 1 rings (SSSR count). The molecule has 78 valence electrons. The first kappa shape index (κ1) is 10.6. The lowest BCUT2D eigenvalue weighted by Crippen LogP contribution is -2.40. The maximum Gasteiger partial charge on any atom is 0.458 e. The minimum atomic E-state index is -5.93. The van der Waals surface area contributed by atoms with E-state index in [1.165, 1.54) is 0 Å². The van der Waals surface area contributed by atoms with E-state index in [1.807, 2.05) is 0 Å². The summed E-state index contributed by atoms with van der Waals surface area (Å²) in [6, 6.07) is 0. The third-order valence-corrected chi connectivity index (χ3v) is 1.37. The van der Waals surface area contributed by atoms with E-state index in [2.05, 4.69) is 4.74 Å². The molecule has 0 radical (unpaired) electrons. The quantitative estimate of drug-likeness (QED) is 0.375. The molecule has 3 nitrogen and oxygen atoms in total. The van der Waals surface area contributed by atoms with Crippen LogP contribution in [0.2, 0.25) is 0 Å². The Kier molecular flexibility index (Phi) is 2.09. The number of alkyl halides is 5. The highest BCUT2D eigenvalue weighted by molar-refractivity contribution is 6.09. The number of ether oxygens (including phenoxy) is 1. The monoisotopic (exact) mass is 216 g/mol. The zero-order valence-electron chi connectivity index (χ0n) is 6.19. The molecule has 0 amide bonds. The largest absolute Gasteiger partial charge is 0.458 e. The van der Waals surface area contributed by atoms with E-state index >= 15 is 0 Å². The molecule has 0 aliphatic carbocycles. The summed E-state index contributed by atoms with van der Waals surface area (Å²) >= 11 is 0. The van der Waals surface area contributed by atoms with Crippen molar-refractivity contribution in [2.75, 3.05) is 0 Å². The number of hydrogen-bond donors (Lipinski definition) is 0. The lowest BCUT2D eigenvalue weighted by Gasteiger charge is -2.18. The number of cyclic esters (lactones) is 2. The predicted octanol–water partition coefficient (Wildman–Crippen LogP) is 1.19. The molecular weight excluding hydrogens is 215 g/mol. The Labute approximate surface area is 73.1 Å². The van der Waals surface area contributed by atoms with Crippen molar-refractivity contribution < 1.29 is 36.3 Å². The maximum atomic E-state index is 12.4. The summed E-state index contributed by atoms with van der Waals surface area (Å²) in [6.45, 7) is 0. The first-order valence-corrected chi connectivity index (χ1v) is 3.09. The Hall–Kier alpha value is -1.47. The number of esters is 2. The van der Waals surface area contributed by atoms with Gasteiger partial charge in [0, 0.05) is 6.08 Å². The Morgan fingerprint density at radius 3 is 1.86 bits per heavy atom. The highest BCUT2D eigenvalue weighted by Gasteiger charge is 2.63. The summed E-state index contributed by atoms with van der Waals surface area (Å²) in [7, 11) is 0. The lowest BCUT2D eigenvalue weighted by atomic mass is 10.1. The van der Waals surface area contributed by atoms with Gasteiger partial charge in [-0.1, -0.05) is 0 Å². The molecule has 1 aliphatic rings. The van der Waals surface area contributed by atoms with Crippen LogP contribution >= 0.6 is 0 Å². The van der Waals surface area contributed by atoms with Gasteiger partial charge in [-0.05, 0) is 0 Å². The fourth-order valence-electron chi connectivity index (χ4n) is 0.724. The molecule has 0 fully saturated rings. The molecule has 14 heavy (non-hydrogen) atoms. The number of hydrogen-bond acceptors (Lipinski definition) is 3. The number of carbonyl (C=O) groups excluding carboxylic acids is 2. The van der Waals surface area contributed by atoms with Crippen LogP contribution in [0.15, 0.2) is 11.6 Å². The van der Waals surface area contributed by atoms with Gasteiger partial charge >= 0.3 is 24.0 Å². The van der Waals surface area contributed by atoms with E-state index in [9.17, 15) is 31.5 Å². The van der Waals surface area contributed by atoms with Crippen LogP contribution in [0.5, 0.6) is 0 Å². The van der Waals surface area contributed by atoms with Crippen molar-refractivity contribution in [3.63, 3.8) is 0 Å². The molecule has 0 bridgehead atoms. The third kappa shape index (κ3) is 1.47. The van der Waals surface area contributed by atoms with Gasteiger partial charge < -0.3 is 4.74 Å². The molecule has 1 heterocycles. The van der Waals surface area contributed by atoms with Crippen LogP contribution in [0.3, 0.4) is 0 Å². The molecule has 0 aromatic heterocycles. The minimum absolute atomic E-state index is 0.171. The third-order valence-electron chi connectivity index (χ3n) is 1.37. The van der Waals surface area contributed by atoms with Gasteiger partial charge in [0.15, 0.2) is 0 Å². The van der Waals surface area contributed by atoms with Crippen LogP contribution in [0.4, 0.5) is 22.0 Å². The van der Waals surface area contributed by atoms with Crippen molar-refractivity contribution in [2.24, 2.45) is 0 Å². The second-order valence-electron chi connectivity index (χ2n) is 2.34. The molecule has 0 aromatic rings. The topological polar surface area (TPSA) is 43.4 Å². The molecular formula is C6HF5O3. The smallest absolute Gasteiger partial charge is 0.386 e. The normalized spacial score (nSPS) is 18.2. The van der Waals surface area contributed by atoms with Gasteiger partial charge in [0.2, 0.25) is 0 Å². The fourth-order valence-corrected chi connectivity index (χ4v) is 0.724. The highest BCUT2D eigenvalue weighted by atomic mass is 19.4. The molecule has 0 spiro atoms. The lowest BCUT2D eigenvalue weighted by molar-refractivity contribution is -0.264. The maximum absolute atomic E-state index is 12.4. The molecule has 0 saturated heterocycles. The minimum Gasteiger partial charge on any atom is -0.386 e. The summed E-state index contributed by atoms with van der Waals surface area (Å²) in [6.07, 6.45) is -6.10. The van der Waals surface area contributed by atoms with Crippen molar-refractivity contribution >= 4 is 11.9 Å². The van der Waals surface area contributed by atoms with Gasteiger partial charge in [0.05, 0.1) is 0 Å². The summed E-state index contributed by atoms with van der Waals surface area (Å²) in [4.78, 5) is 20.6. The van der Waals surface area contributed by atoms with Crippen molar-refractivity contribution in [3.8, 4) is 0 Å². The van der Waals surface area contributed by atoms with Crippen LogP contribution in [-0.4, -0.2) is 24.0 Å². The average molecular weight is 216 g/mol. The number of rotatable bonds is 1. The van der Waals surface area contributed by atoms with Crippen LogP contribution < -0.4 is 0 Å². The van der Waals surface area contributed by atoms with Gasteiger partial charge in [-0.3, -0.25) is 0 Å². The van der Waals surface area contributed by atoms with E-state index < -0.39 is 29.6 Å². The average Bonchev–Trinajstić information content (AvgIpc) is 2.27. The van der Waals surface area contributed by atoms with Gasteiger partial charge in [-0.15, -0.1) is 0 Å². The standard InChI is InChI=1S/C6HF5O3/c7-5(8,6(9,10)11)2-1-3(12)14-4(2)13/h1H. The van der Waals surface area contributed by atoms with E-state index in [4.69, 9.17) is 0 Å². The van der Waals surface area contributed by atoms with Crippen molar-refractivity contribution in [1.29, 1.82) is 0 Å². The van der Waals surface area contributed by atoms with Gasteiger partial charge in [-0.25, -0.2) is 9.59 Å². The second-order valence-corrected chi connectivity index (χ2v) is 2.34. The van der Waals surface area contributed by atoms with Crippen LogP contribution in [0.25, 0.3) is 0 Å². The molecule has 1 aliphatic heterocycles. The van der Waals surface area contributed by atoms with Crippen LogP contribution in [0, 0.1) is 0 Å². The van der Waals surface area contributed by atoms with Crippen LogP contribution in [0.1, 0.15) is 0 Å². The van der Waals surface area contributed by atoms with Gasteiger partial charge in [-0.2, -0.15) is 22.0 Å². The van der Waals surface area contributed by atoms with Crippen molar-refractivity contribution in [1.82, 2.24) is 0 Å². The molecule has 0 atom stereocenters. The number of halogens is 5. The Balaban J connectivity index is 3.11. The Morgan fingerprint density at radius 2 is 1.57 bits per heavy atom. The second kappa shape index (κ2) is 2.76. The summed E-state index contributed by atoms with van der Waals surface area (Å²) in [5, 5.41) is 0. The van der Waals surface area contributed by atoms with E-state index in [1.54, 1.807) is 0 Å². The van der Waals surface area contributed by atoms with E-state index in [-0.39, 0.29) is 6.08 Å². The first-order chi connectivity index (χ1) is 6.16. The number of carbonyl (C=O) groups is 2. The first-order valence-electron chi connectivity index (χ1n) is 3.09. The Morgan fingerprint density at radius 1 is 1.07 bits per heavy atom. The predicted molar refractivity (Wildman–Crippen MR) is 30.2 cm³/mol. The van der Waals surface area contributed by atoms with Gasteiger partial charge in [0.25, 0.3) is 0 Å². The molecule has 0 saturated carbocycles. The molecule has 0 unspecified atom stereocenters. The Bertz CT molecular complexity index is 327. The van der Waals surface area contributed by atoms with Gasteiger partial charge in [0.1, 0.15) is 5.57 Å². The molecule has 0 aromatic carbocycles. The fraction of sp³-hybridized carbons (Fsp3) is 0.333. The van der Waals surface area contributed by atoms with E-state index in [0.717, 1.165) is 0 Å².